The Balaban J connectivity index is 1.25. The fourth-order valence-corrected chi connectivity index (χ4v) is 3.31. The SMILES string of the molecule is COc1cccc(-c2noc(CNC(=O)CCCN3C(=O)c4ccccc4C3=O)n2)c1. The number of aromatic nitrogens is 2. The van der Waals surface area contributed by atoms with Gasteiger partial charge in [-0.05, 0) is 30.7 Å². The molecule has 0 radical (unpaired) electrons. The van der Waals surface area contributed by atoms with Crippen molar-refractivity contribution in [3.63, 3.8) is 0 Å². The monoisotopic (exact) mass is 420 g/mol. The third kappa shape index (κ3) is 4.30. The Labute approximate surface area is 178 Å². The molecule has 4 rings (SSSR count). The lowest BCUT2D eigenvalue weighted by molar-refractivity contribution is -0.121. The van der Waals surface area contributed by atoms with Crippen molar-refractivity contribution in [1.82, 2.24) is 20.4 Å². The van der Waals surface area contributed by atoms with Crippen LogP contribution in [0.25, 0.3) is 11.4 Å². The molecule has 0 atom stereocenters. The number of ether oxygens (including phenoxy) is 1. The molecule has 1 aliphatic rings. The number of nitrogens with one attached hydrogen (secondary N) is 1. The van der Waals surface area contributed by atoms with Gasteiger partial charge in [0.1, 0.15) is 5.75 Å². The highest BCUT2D eigenvalue weighted by Crippen LogP contribution is 2.23. The Morgan fingerprint density at radius 2 is 1.84 bits per heavy atom. The molecule has 0 saturated carbocycles. The van der Waals surface area contributed by atoms with E-state index in [-0.39, 0.29) is 43.1 Å². The van der Waals surface area contributed by atoms with Gasteiger partial charge in [-0.1, -0.05) is 29.4 Å². The first-order valence-corrected chi connectivity index (χ1v) is 9.76. The highest BCUT2D eigenvalue weighted by atomic mass is 16.5. The Bertz CT molecular complexity index is 1110. The largest absolute Gasteiger partial charge is 0.497 e. The van der Waals surface area contributed by atoms with Crippen molar-refractivity contribution >= 4 is 17.7 Å². The number of nitrogens with zero attached hydrogens (tertiary/aromatic N) is 3. The maximum atomic E-state index is 12.3. The second-order valence-electron chi connectivity index (χ2n) is 6.93. The van der Waals surface area contributed by atoms with Gasteiger partial charge >= 0.3 is 0 Å². The first kappa shape index (κ1) is 20.3. The molecule has 0 unspecified atom stereocenters. The van der Waals surface area contributed by atoms with Crippen LogP contribution in [0.1, 0.15) is 39.4 Å². The zero-order valence-corrected chi connectivity index (χ0v) is 16.8. The van der Waals surface area contributed by atoms with Gasteiger partial charge in [0.25, 0.3) is 11.8 Å². The summed E-state index contributed by atoms with van der Waals surface area (Å²) in [6, 6.07) is 13.9. The van der Waals surface area contributed by atoms with E-state index in [1.165, 1.54) is 4.90 Å². The van der Waals surface area contributed by atoms with Crippen LogP contribution in [0.2, 0.25) is 0 Å². The molecule has 0 bridgehead atoms. The molecule has 0 spiro atoms. The van der Waals surface area contributed by atoms with Crippen molar-refractivity contribution in [3.05, 3.63) is 65.5 Å². The quantitative estimate of drug-likeness (QED) is 0.557. The van der Waals surface area contributed by atoms with Crippen molar-refractivity contribution in [2.24, 2.45) is 0 Å². The van der Waals surface area contributed by atoms with Crippen LogP contribution in [0.5, 0.6) is 5.75 Å². The van der Waals surface area contributed by atoms with Gasteiger partial charge in [-0.3, -0.25) is 19.3 Å². The summed E-state index contributed by atoms with van der Waals surface area (Å²) < 4.78 is 10.4. The number of hydrogen-bond acceptors (Lipinski definition) is 7. The van der Waals surface area contributed by atoms with Crippen LogP contribution < -0.4 is 10.1 Å². The van der Waals surface area contributed by atoms with Crippen molar-refractivity contribution in [1.29, 1.82) is 0 Å². The number of carbonyl (C=O) groups is 3. The average Bonchev–Trinajstić information content (AvgIpc) is 3.37. The zero-order chi connectivity index (χ0) is 21.8. The van der Waals surface area contributed by atoms with E-state index in [0.717, 1.165) is 5.56 Å². The van der Waals surface area contributed by atoms with Crippen LogP contribution in [0.15, 0.2) is 53.1 Å². The van der Waals surface area contributed by atoms with Gasteiger partial charge in [0.15, 0.2) is 0 Å². The number of carbonyl (C=O) groups excluding carboxylic acids is 3. The molecule has 9 heteroatoms. The molecule has 9 nitrogen and oxygen atoms in total. The van der Waals surface area contributed by atoms with Crippen LogP contribution in [-0.4, -0.2) is 46.4 Å². The van der Waals surface area contributed by atoms with Gasteiger partial charge in [-0.15, -0.1) is 0 Å². The van der Waals surface area contributed by atoms with E-state index in [9.17, 15) is 14.4 Å². The summed E-state index contributed by atoms with van der Waals surface area (Å²) in [5.41, 5.74) is 1.54. The second kappa shape index (κ2) is 8.78. The molecule has 1 aliphatic heterocycles. The molecule has 1 aromatic heterocycles. The summed E-state index contributed by atoms with van der Waals surface area (Å²) in [5.74, 6) is 0.460. The van der Waals surface area contributed by atoms with Crippen LogP contribution in [0, 0.1) is 0 Å². The van der Waals surface area contributed by atoms with Crippen molar-refractivity contribution in [3.8, 4) is 17.1 Å². The predicted octanol–water partition coefficient (Wildman–Crippen LogP) is 2.44. The van der Waals surface area contributed by atoms with Crippen LogP contribution >= 0.6 is 0 Å². The average molecular weight is 420 g/mol. The molecule has 2 heterocycles. The molecule has 0 aliphatic carbocycles. The lowest BCUT2D eigenvalue weighted by atomic mass is 10.1. The highest BCUT2D eigenvalue weighted by Gasteiger charge is 2.34. The van der Waals surface area contributed by atoms with Crippen molar-refractivity contribution < 1.29 is 23.6 Å². The first-order chi connectivity index (χ1) is 15.1. The summed E-state index contributed by atoms with van der Waals surface area (Å²) in [5, 5.41) is 6.62. The van der Waals surface area contributed by atoms with Crippen LogP contribution in [0.3, 0.4) is 0 Å². The van der Waals surface area contributed by atoms with Crippen molar-refractivity contribution in [2.45, 2.75) is 19.4 Å². The molecule has 2 aromatic carbocycles. The third-order valence-electron chi connectivity index (χ3n) is 4.90. The smallest absolute Gasteiger partial charge is 0.261 e. The van der Waals surface area contributed by atoms with Gasteiger partial charge in [0.05, 0.1) is 24.8 Å². The number of imide groups is 1. The normalized spacial score (nSPS) is 12.7. The topological polar surface area (TPSA) is 115 Å². The molecular formula is C22H20N4O5. The Hall–Kier alpha value is -4.01. The van der Waals surface area contributed by atoms with E-state index in [0.29, 0.717) is 29.1 Å². The molecule has 3 aromatic rings. The molecular weight excluding hydrogens is 400 g/mol. The molecule has 1 N–H and O–H groups in total. The Morgan fingerprint density at radius 3 is 2.55 bits per heavy atom. The number of rotatable bonds is 8. The maximum absolute atomic E-state index is 12.3. The lowest BCUT2D eigenvalue weighted by Crippen LogP contribution is -2.32. The predicted molar refractivity (Wildman–Crippen MR) is 109 cm³/mol. The van der Waals surface area contributed by atoms with E-state index >= 15 is 0 Å². The second-order valence-corrected chi connectivity index (χ2v) is 6.93. The van der Waals surface area contributed by atoms with E-state index in [1.807, 2.05) is 18.2 Å². The number of amides is 3. The Kier molecular flexibility index (Phi) is 5.74. The molecule has 0 fully saturated rings. The van der Waals surface area contributed by atoms with Gasteiger partial charge in [-0.25, -0.2) is 0 Å². The summed E-state index contributed by atoms with van der Waals surface area (Å²) >= 11 is 0. The Morgan fingerprint density at radius 1 is 1.10 bits per heavy atom. The third-order valence-corrected chi connectivity index (χ3v) is 4.90. The number of hydrogen-bond donors (Lipinski definition) is 1. The fraction of sp³-hybridized carbons (Fsp3) is 0.227. The fourth-order valence-electron chi connectivity index (χ4n) is 3.31. The standard InChI is InChI=1S/C22H20N4O5/c1-30-15-7-4-6-14(12-15)20-24-19(31-25-20)13-23-18(27)10-5-11-26-21(28)16-8-2-3-9-17(16)22(26)29/h2-4,6-9,12H,5,10-11,13H2,1H3,(H,23,27). The van der Waals surface area contributed by atoms with E-state index in [1.54, 1.807) is 37.4 Å². The van der Waals surface area contributed by atoms with Crippen LogP contribution in [-0.2, 0) is 11.3 Å². The maximum Gasteiger partial charge on any atom is 0.261 e. The van der Waals surface area contributed by atoms with E-state index < -0.39 is 0 Å². The minimum absolute atomic E-state index is 0.0861. The van der Waals surface area contributed by atoms with Gasteiger partial charge in [0.2, 0.25) is 17.6 Å². The van der Waals surface area contributed by atoms with Crippen molar-refractivity contribution in [2.75, 3.05) is 13.7 Å². The van der Waals surface area contributed by atoms with E-state index in [2.05, 4.69) is 15.5 Å². The number of fused-ring (bicyclic) bond motifs is 1. The summed E-state index contributed by atoms with van der Waals surface area (Å²) in [6.07, 6.45) is 0.514. The highest BCUT2D eigenvalue weighted by molar-refractivity contribution is 6.21. The first-order valence-electron chi connectivity index (χ1n) is 9.76. The summed E-state index contributed by atoms with van der Waals surface area (Å²) in [7, 11) is 1.57. The number of methoxy groups -OCH3 is 1. The van der Waals surface area contributed by atoms with Gasteiger partial charge in [0, 0.05) is 18.5 Å². The molecule has 31 heavy (non-hydrogen) atoms. The minimum Gasteiger partial charge on any atom is -0.497 e. The molecule has 0 saturated heterocycles. The number of benzene rings is 2. The summed E-state index contributed by atoms with van der Waals surface area (Å²) in [6.45, 7) is 0.267. The zero-order valence-electron chi connectivity index (χ0n) is 16.8. The summed E-state index contributed by atoms with van der Waals surface area (Å²) in [4.78, 5) is 42.2. The lowest BCUT2D eigenvalue weighted by Gasteiger charge is -2.13. The van der Waals surface area contributed by atoms with Gasteiger partial charge in [-0.2, -0.15) is 4.98 Å². The van der Waals surface area contributed by atoms with E-state index in [4.69, 9.17) is 9.26 Å². The van der Waals surface area contributed by atoms with Crippen LogP contribution in [0.4, 0.5) is 0 Å². The molecule has 158 valence electrons. The minimum atomic E-state index is -0.322. The van der Waals surface area contributed by atoms with Gasteiger partial charge < -0.3 is 14.6 Å². The molecule has 3 amide bonds.